The summed E-state index contributed by atoms with van der Waals surface area (Å²) in [5, 5.41) is 2.69. The molecule has 0 unspecified atom stereocenters. The minimum Gasteiger partial charge on any atom is -0.493 e. The Kier molecular flexibility index (Phi) is 8.42. The fraction of sp³-hybridized carbons (Fsp3) is 0.238. The van der Waals surface area contributed by atoms with Crippen molar-refractivity contribution in [1.29, 1.82) is 0 Å². The molecule has 0 aliphatic carbocycles. The van der Waals surface area contributed by atoms with E-state index in [1.165, 1.54) is 7.11 Å². The lowest BCUT2D eigenvalue weighted by molar-refractivity contribution is -0.149. The summed E-state index contributed by atoms with van der Waals surface area (Å²) in [4.78, 5) is 24.8. The normalized spacial score (nSPS) is 10.5. The quantitative estimate of drug-likeness (QED) is 0.506. The highest BCUT2D eigenvalue weighted by Gasteiger charge is 2.11. The third-order valence-electron chi connectivity index (χ3n) is 3.61. The van der Waals surface area contributed by atoms with Crippen LogP contribution in [-0.4, -0.2) is 38.5 Å². The number of benzene rings is 2. The number of rotatable bonds is 9. The van der Waals surface area contributed by atoms with Crippen LogP contribution < -0.4 is 14.8 Å². The van der Waals surface area contributed by atoms with Crippen molar-refractivity contribution in [2.75, 3.05) is 31.9 Å². The molecule has 2 aromatic carbocycles. The van der Waals surface area contributed by atoms with Gasteiger partial charge in [-0.15, -0.1) is 11.8 Å². The molecule has 0 atom stereocenters. The van der Waals surface area contributed by atoms with Crippen LogP contribution in [0.1, 0.15) is 12.5 Å². The Morgan fingerprint density at radius 1 is 1.11 bits per heavy atom. The molecule has 28 heavy (non-hydrogen) atoms. The van der Waals surface area contributed by atoms with Crippen LogP contribution >= 0.6 is 11.8 Å². The molecule has 7 heteroatoms. The highest BCUT2D eigenvalue weighted by Crippen LogP contribution is 2.28. The van der Waals surface area contributed by atoms with Crippen molar-refractivity contribution < 1.29 is 23.8 Å². The Morgan fingerprint density at radius 3 is 2.64 bits per heavy atom. The zero-order chi connectivity index (χ0) is 20.4. The van der Waals surface area contributed by atoms with Gasteiger partial charge < -0.3 is 19.5 Å². The highest BCUT2D eigenvalue weighted by atomic mass is 32.2. The fourth-order valence-electron chi connectivity index (χ4n) is 2.32. The van der Waals surface area contributed by atoms with Gasteiger partial charge in [-0.2, -0.15) is 0 Å². The lowest BCUT2D eigenvalue weighted by Crippen LogP contribution is -2.23. The molecule has 148 valence electrons. The maximum Gasteiger partial charge on any atom is 0.344 e. The molecule has 0 heterocycles. The molecule has 0 bridgehead atoms. The molecule has 6 nitrogen and oxygen atoms in total. The fourth-order valence-corrected chi connectivity index (χ4v) is 2.78. The van der Waals surface area contributed by atoms with E-state index < -0.39 is 11.9 Å². The van der Waals surface area contributed by atoms with Crippen LogP contribution in [0, 0.1) is 0 Å². The molecule has 1 amide bonds. The first-order chi connectivity index (χ1) is 13.5. The SMILES string of the molecule is C/C=C/c1ccc(OCC(=O)OCC(=O)Nc2cccc(SC)c2)c(OC)c1. The largest absolute Gasteiger partial charge is 0.493 e. The molecular weight excluding hydrogens is 378 g/mol. The Morgan fingerprint density at radius 2 is 1.93 bits per heavy atom. The molecule has 1 N–H and O–H groups in total. The van der Waals surface area contributed by atoms with E-state index >= 15 is 0 Å². The predicted molar refractivity (Wildman–Crippen MR) is 111 cm³/mol. The monoisotopic (exact) mass is 401 g/mol. The second-order valence-electron chi connectivity index (χ2n) is 5.64. The summed E-state index contributed by atoms with van der Waals surface area (Å²) in [5.41, 5.74) is 1.60. The minimum absolute atomic E-state index is 0.325. The molecular formula is C21H23NO5S. The van der Waals surface area contributed by atoms with E-state index in [1.807, 2.05) is 49.6 Å². The van der Waals surface area contributed by atoms with Crippen LogP contribution in [0.2, 0.25) is 0 Å². The molecule has 0 aliphatic rings. The van der Waals surface area contributed by atoms with Gasteiger partial charge in [0.2, 0.25) is 0 Å². The Balaban J connectivity index is 1.81. The number of esters is 1. The predicted octanol–water partition coefficient (Wildman–Crippen LogP) is 4.01. The van der Waals surface area contributed by atoms with Crippen LogP contribution in [0.5, 0.6) is 11.5 Å². The van der Waals surface area contributed by atoms with Gasteiger partial charge in [0, 0.05) is 10.6 Å². The van der Waals surface area contributed by atoms with E-state index in [4.69, 9.17) is 14.2 Å². The van der Waals surface area contributed by atoms with Crippen LogP contribution in [-0.2, 0) is 14.3 Å². The Labute approximate surface area is 168 Å². The zero-order valence-corrected chi connectivity index (χ0v) is 16.9. The number of ether oxygens (including phenoxy) is 3. The summed E-state index contributed by atoms with van der Waals surface area (Å²) in [6, 6.07) is 12.8. The molecule has 0 aliphatic heterocycles. The van der Waals surface area contributed by atoms with E-state index in [-0.39, 0.29) is 13.2 Å². The topological polar surface area (TPSA) is 73.9 Å². The number of anilines is 1. The zero-order valence-electron chi connectivity index (χ0n) is 16.1. The molecule has 0 radical (unpaired) electrons. The van der Waals surface area contributed by atoms with Crippen LogP contribution in [0.4, 0.5) is 5.69 Å². The van der Waals surface area contributed by atoms with E-state index in [0.717, 1.165) is 10.5 Å². The summed E-state index contributed by atoms with van der Waals surface area (Å²) in [7, 11) is 1.52. The summed E-state index contributed by atoms with van der Waals surface area (Å²) in [5.74, 6) is -0.131. The van der Waals surface area contributed by atoms with Gasteiger partial charge in [-0.25, -0.2) is 4.79 Å². The number of allylic oxidation sites excluding steroid dienone is 1. The molecule has 0 saturated carbocycles. The second-order valence-corrected chi connectivity index (χ2v) is 6.52. The van der Waals surface area contributed by atoms with Crippen LogP contribution in [0.25, 0.3) is 6.08 Å². The average molecular weight is 401 g/mol. The molecule has 2 rings (SSSR count). The Bertz CT molecular complexity index is 850. The molecule has 0 saturated heterocycles. The number of thioether (sulfide) groups is 1. The lowest BCUT2D eigenvalue weighted by atomic mass is 10.2. The van der Waals surface area contributed by atoms with E-state index in [0.29, 0.717) is 17.2 Å². The third kappa shape index (κ3) is 6.66. The second kappa shape index (κ2) is 11.0. The molecule has 2 aromatic rings. The van der Waals surface area contributed by atoms with Crippen LogP contribution in [0.15, 0.2) is 53.4 Å². The molecule has 0 spiro atoms. The number of carbonyl (C=O) groups excluding carboxylic acids is 2. The van der Waals surface area contributed by atoms with Crippen molar-refractivity contribution in [3.8, 4) is 11.5 Å². The van der Waals surface area contributed by atoms with Crippen molar-refractivity contribution in [2.45, 2.75) is 11.8 Å². The molecule has 0 aromatic heterocycles. The smallest absolute Gasteiger partial charge is 0.344 e. The van der Waals surface area contributed by atoms with E-state index in [2.05, 4.69) is 5.32 Å². The summed E-state index contributed by atoms with van der Waals surface area (Å²) < 4.78 is 15.7. The van der Waals surface area contributed by atoms with E-state index in [9.17, 15) is 9.59 Å². The van der Waals surface area contributed by atoms with Gasteiger partial charge in [0.1, 0.15) is 0 Å². The van der Waals surface area contributed by atoms with Crippen molar-refractivity contribution >= 4 is 35.4 Å². The van der Waals surface area contributed by atoms with Gasteiger partial charge in [-0.1, -0.05) is 24.3 Å². The number of hydrogen-bond acceptors (Lipinski definition) is 6. The number of nitrogens with one attached hydrogen (secondary N) is 1. The number of methoxy groups -OCH3 is 1. The van der Waals surface area contributed by atoms with Gasteiger partial charge in [0.25, 0.3) is 5.91 Å². The highest BCUT2D eigenvalue weighted by molar-refractivity contribution is 7.98. The van der Waals surface area contributed by atoms with Crippen molar-refractivity contribution in [1.82, 2.24) is 0 Å². The van der Waals surface area contributed by atoms with Crippen molar-refractivity contribution in [3.63, 3.8) is 0 Å². The maximum atomic E-state index is 11.9. The summed E-state index contributed by atoms with van der Waals surface area (Å²) >= 11 is 1.57. The minimum atomic E-state index is -0.646. The van der Waals surface area contributed by atoms with Crippen molar-refractivity contribution in [3.05, 3.63) is 54.1 Å². The summed E-state index contributed by atoms with van der Waals surface area (Å²) in [6.07, 6.45) is 5.79. The third-order valence-corrected chi connectivity index (χ3v) is 4.34. The Hall–Kier alpha value is -2.93. The standard InChI is InChI=1S/C21H23NO5S/c1-4-6-15-9-10-18(19(11-15)25-2)26-14-21(24)27-13-20(23)22-16-7-5-8-17(12-16)28-3/h4-12H,13-14H2,1-3H3,(H,22,23)/b6-4+. The first-order valence-corrected chi connectivity index (χ1v) is 9.81. The van der Waals surface area contributed by atoms with Gasteiger partial charge in [0.05, 0.1) is 7.11 Å². The van der Waals surface area contributed by atoms with Gasteiger partial charge in [-0.05, 0) is 49.1 Å². The van der Waals surface area contributed by atoms with Gasteiger partial charge in [-0.3, -0.25) is 4.79 Å². The average Bonchev–Trinajstić information content (AvgIpc) is 2.71. The summed E-state index contributed by atoms with van der Waals surface area (Å²) in [6.45, 7) is 1.21. The first kappa shape index (κ1) is 21.4. The van der Waals surface area contributed by atoms with Gasteiger partial charge in [0.15, 0.2) is 24.7 Å². The van der Waals surface area contributed by atoms with Gasteiger partial charge >= 0.3 is 5.97 Å². The maximum absolute atomic E-state index is 11.9. The number of hydrogen-bond donors (Lipinski definition) is 1. The molecule has 0 fully saturated rings. The number of amides is 1. The first-order valence-electron chi connectivity index (χ1n) is 8.58. The lowest BCUT2D eigenvalue weighted by Gasteiger charge is -2.11. The number of carbonyl (C=O) groups is 2. The van der Waals surface area contributed by atoms with E-state index in [1.54, 1.807) is 30.0 Å². The van der Waals surface area contributed by atoms with Crippen LogP contribution in [0.3, 0.4) is 0 Å². The van der Waals surface area contributed by atoms with Crippen molar-refractivity contribution in [2.24, 2.45) is 0 Å².